The second-order valence-electron chi connectivity index (χ2n) is 12.1. The number of halogens is 3. The molecule has 0 unspecified atom stereocenters. The first-order chi connectivity index (χ1) is 22.3. The smallest absolute Gasteiger partial charge is 0.261 e. The van der Waals surface area contributed by atoms with Gasteiger partial charge in [0.1, 0.15) is 17.2 Å². The molecule has 8 nitrogen and oxygen atoms in total. The molecule has 4 heterocycles. The number of hydrogen-bond acceptors (Lipinski definition) is 5. The average molecular weight is 644 g/mol. The summed E-state index contributed by atoms with van der Waals surface area (Å²) < 4.78 is 31.1. The van der Waals surface area contributed by atoms with Gasteiger partial charge in [-0.1, -0.05) is 35.9 Å². The quantitative estimate of drug-likeness (QED) is 0.306. The van der Waals surface area contributed by atoms with Gasteiger partial charge in [0.05, 0.1) is 22.1 Å². The Morgan fingerprint density at radius 1 is 0.783 bits per heavy atom. The SMILES string of the molecule is O=C(Nc1cc(C(=O)N2CCN(c3ccccc3Cl)CC2)ccc1N1C[C@H]2C[C@@H](C1)c1cccc(=O)n1C2)c1c(F)cccc1F. The molecule has 3 aliphatic rings. The van der Waals surface area contributed by atoms with Gasteiger partial charge in [-0.05, 0) is 60.9 Å². The van der Waals surface area contributed by atoms with E-state index in [1.165, 1.54) is 6.07 Å². The van der Waals surface area contributed by atoms with Crippen LogP contribution in [0.15, 0.2) is 83.7 Å². The van der Waals surface area contributed by atoms with Gasteiger partial charge in [0.25, 0.3) is 17.4 Å². The number of hydrogen-bond donors (Lipinski definition) is 1. The van der Waals surface area contributed by atoms with Crippen LogP contribution in [-0.4, -0.2) is 60.5 Å². The number of carbonyl (C=O) groups is 2. The number of aromatic nitrogens is 1. The maximum absolute atomic E-state index is 14.6. The summed E-state index contributed by atoms with van der Waals surface area (Å²) in [6, 6.07) is 21.3. The Bertz CT molecular complexity index is 1870. The molecule has 3 aliphatic heterocycles. The van der Waals surface area contributed by atoms with E-state index in [1.54, 1.807) is 35.2 Å². The molecule has 0 aliphatic carbocycles. The normalized spacial score (nSPS) is 19.1. The van der Waals surface area contributed by atoms with Crippen LogP contribution in [-0.2, 0) is 6.54 Å². The third-order valence-corrected chi connectivity index (χ3v) is 9.58. The van der Waals surface area contributed by atoms with E-state index in [0.29, 0.717) is 67.8 Å². The van der Waals surface area contributed by atoms with Gasteiger partial charge in [-0.25, -0.2) is 8.78 Å². The lowest BCUT2D eigenvalue weighted by Crippen LogP contribution is -2.49. The average Bonchev–Trinajstić information content (AvgIpc) is 3.05. The molecule has 2 atom stereocenters. The fourth-order valence-electron chi connectivity index (χ4n) is 7.08. The van der Waals surface area contributed by atoms with Crippen molar-refractivity contribution < 1.29 is 18.4 Å². The zero-order valence-corrected chi connectivity index (χ0v) is 25.7. The van der Waals surface area contributed by atoms with Crippen molar-refractivity contribution in [1.82, 2.24) is 9.47 Å². The maximum Gasteiger partial charge on any atom is 0.261 e. The van der Waals surface area contributed by atoms with Gasteiger partial charge in [0.2, 0.25) is 0 Å². The number of piperidine rings is 1. The van der Waals surface area contributed by atoms with Crippen molar-refractivity contribution in [3.05, 3.63) is 123 Å². The molecule has 3 aromatic carbocycles. The topological polar surface area (TPSA) is 77.9 Å². The van der Waals surface area contributed by atoms with Crippen LogP contribution in [0.25, 0.3) is 0 Å². The number of fused-ring (bicyclic) bond motifs is 4. The van der Waals surface area contributed by atoms with Gasteiger partial charge >= 0.3 is 0 Å². The second-order valence-corrected chi connectivity index (χ2v) is 12.5. The van der Waals surface area contributed by atoms with Gasteiger partial charge in [-0.2, -0.15) is 0 Å². The molecule has 236 valence electrons. The number of nitrogens with zero attached hydrogens (tertiary/aromatic N) is 4. The number of carbonyl (C=O) groups excluding carboxylic acids is 2. The fourth-order valence-corrected chi connectivity index (χ4v) is 7.33. The molecule has 7 rings (SSSR count). The molecule has 2 saturated heterocycles. The molecular weight excluding hydrogens is 612 g/mol. The number of nitrogens with one attached hydrogen (secondary N) is 1. The Morgan fingerprint density at radius 2 is 1.52 bits per heavy atom. The summed E-state index contributed by atoms with van der Waals surface area (Å²) in [5.74, 6) is -2.82. The third-order valence-electron chi connectivity index (χ3n) is 9.26. The van der Waals surface area contributed by atoms with Crippen molar-refractivity contribution in [3.63, 3.8) is 0 Å². The number of benzene rings is 3. The number of para-hydroxylation sites is 1. The highest BCUT2D eigenvalue weighted by molar-refractivity contribution is 6.33. The summed E-state index contributed by atoms with van der Waals surface area (Å²) in [7, 11) is 0. The molecule has 2 bridgehead atoms. The minimum atomic E-state index is -0.975. The summed E-state index contributed by atoms with van der Waals surface area (Å²) in [5, 5.41) is 3.38. The van der Waals surface area contributed by atoms with Crippen molar-refractivity contribution in [2.24, 2.45) is 5.92 Å². The summed E-state index contributed by atoms with van der Waals surface area (Å²) in [6.45, 7) is 3.93. The van der Waals surface area contributed by atoms with E-state index < -0.39 is 23.1 Å². The number of amides is 2. The summed E-state index contributed by atoms with van der Waals surface area (Å²) in [6.07, 6.45) is 0.929. The van der Waals surface area contributed by atoms with Gasteiger partial charge in [-0.3, -0.25) is 14.4 Å². The largest absolute Gasteiger partial charge is 0.369 e. The molecule has 4 aromatic rings. The Balaban J connectivity index is 1.17. The van der Waals surface area contributed by atoms with Crippen LogP contribution in [0.1, 0.15) is 38.7 Å². The zero-order chi connectivity index (χ0) is 31.9. The van der Waals surface area contributed by atoms with Gasteiger partial charge in [-0.15, -0.1) is 0 Å². The van der Waals surface area contributed by atoms with E-state index in [-0.39, 0.29) is 23.3 Å². The second kappa shape index (κ2) is 12.2. The monoisotopic (exact) mass is 643 g/mol. The highest BCUT2D eigenvalue weighted by Crippen LogP contribution is 2.39. The molecule has 0 spiro atoms. The molecule has 1 aromatic heterocycles. The molecule has 2 amide bonds. The molecule has 2 fully saturated rings. The van der Waals surface area contributed by atoms with Crippen LogP contribution < -0.4 is 20.7 Å². The molecule has 0 radical (unpaired) electrons. The minimum absolute atomic E-state index is 0.0175. The first-order valence-corrected chi connectivity index (χ1v) is 15.8. The van der Waals surface area contributed by atoms with Crippen LogP contribution in [0.5, 0.6) is 0 Å². The maximum atomic E-state index is 14.6. The lowest BCUT2D eigenvalue weighted by Gasteiger charge is -2.44. The predicted octanol–water partition coefficient (Wildman–Crippen LogP) is 5.62. The van der Waals surface area contributed by atoms with Crippen molar-refractivity contribution >= 4 is 40.5 Å². The first kappa shape index (κ1) is 30.0. The van der Waals surface area contributed by atoms with Crippen LogP contribution in [0.3, 0.4) is 0 Å². The van der Waals surface area contributed by atoms with E-state index in [1.807, 2.05) is 34.9 Å². The van der Waals surface area contributed by atoms with E-state index >= 15 is 0 Å². The first-order valence-electron chi connectivity index (χ1n) is 15.4. The van der Waals surface area contributed by atoms with Crippen LogP contribution in [0, 0.1) is 17.6 Å². The van der Waals surface area contributed by atoms with Crippen molar-refractivity contribution in [2.75, 3.05) is 54.4 Å². The van der Waals surface area contributed by atoms with Crippen LogP contribution >= 0.6 is 11.6 Å². The third kappa shape index (κ3) is 5.62. The number of anilines is 3. The number of pyridine rings is 1. The van der Waals surface area contributed by atoms with E-state index in [9.17, 15) is 23.2 Å². The fraction of sp³-hybridized carbons (Fsp3) is 0.286. The van der Waals surface area contributed by atoms with Crippen molar-refractivity contribution in [2.45, 2.75) is 18.9 Å². The minimum Gasteiger partial charge on any atom is -0.369 e. The summed E-state index contributed by atoms with van der Waals surface area (Å²) >= 11 is 6.39. The molecule has 0 saturated carbocycles. The highest BCUT2D eigenvalue weighted by Gasteiger charge is 2.36. The van der Waals surface area contributed by atoms with E-state index in [2.05, 4.69) is 15.1 Å². The highest BCUT2D eigenvalue weighted by atomic mass is 35.5. The van der Waals surface area contributed by atoms with E-state index in [4.69, 9.17) is 11.6 Å². The standard InChI is InChI=1S/C35H32ClF2N5O3/c36-25-5-1-2-8-30(25)40-13-15-41(16-14-40)35(46)23-11-12-31(28(18-23)39-34(45)33-26(37)6-3-7-27(33)38)42-19-22-17-24(21-42)29-9-4-10-32(44)43(29)20-22/h1-12,18,22,24H,13-17,19-21H2,(H,39,45)/t22-,24+/m1/s1. The molecule has 1 N–H and O–H groups in total. The lowest BCUT2D eigenvalue weighted by atomic mass is 9.83. The van der Waals surface area contributed by atoms with Gasteiger partial charge < -0.3 is 24.6 Å². The Hall–Kier alpha value is -4.70. The Morgan fingerprint density at radius 3 is 2.28 bits per heavy atom. The number of rotatable bonds is 5. The number of piperazine rings is 1. The zero-order valence-electron chi connectivity index (χ0n) is 25.0. The molecular formula is C35H32ClF2N5O3. The summed E-state index contributed by atoms with van der Waals surface area (Å²) in [5.41, 5.74) is 2.47. The van der Waals surface area contributed by atoms with E-state index in [0.717, 1.165) is 29.9 Å². The van der Waals surface area contributed by atoms with Gasteiger partial charge in [0.15, 0.2) is 0 Å². The van der Waals surface area contributed by atoms with Crippen molar-refractivity contribution in [1.29, 1.82) is 0 Å². The van der Waals surface area contributed by atoms with Crippen LogP contribution in [0.2, 0.25) is 5.02 Å². The van der Waals surface area contributed by atoms with Crippen molar-refractivity contribution in [3.8, 4) is 0 Å². The van der Waals surface area contributed by atoms with Crippen LogP contribution in [0.4, 0.5) is 25.8 Å². The van der Waals surface area contributed by atoms with Gasteiger partial charge in [0, 0.05) is 69.1 Å². The lowest BCUT2D eigenvalue weighted by molar-refractivity contribution is 0.0746. The molecule has 11 heteroatoms. The Kier molecular flexibility index (Phi) is 7.98. The molecule has 46 heavy (non-hydrogen) atoms. The predicted molar refractivity (Wildman–Crippen MR) is 174 cm³/mol. The summed E-state index contributed by atoms with van der Waals surface area (Å²) in [4.78, 5) is 45.6. The Labute approximate surface area is 269 Å².